The zero-order valence-corrected chi connectivity index (χ0v) is 11.5. The molecule has 0 radical (unpaired) electrons. The van der Waals surface area contributed by atoms with Crippen LogP contribution in [0.5, 0.6) is 0 Å². The Kier molecular flexibility index (Phi) is 4.05. The van der Waals surface area contributed by atoms with Gasteiger partial charge in [-0.25, -0.2) is 4.98 Å². The molecule has 0 aliphatic carbocycles. The van der Waals surface area contributed by atoms with Crippen molar-refractivity contribution in [2.45, 2.75) is 0 Å². The molecule has 2 nitrogen and oxygen atoms in total. The minimum absolute atomic E-state index is 0. The van der Waals surface area contributed by atoms with Gasteiger partial charge in [-0.05, 0) is 11.5 Å². The number of halogens is 3. The van der Waals surface area contributed by atoms with Crippen molar-refractivity contribution in [2.24, 2.45) is 7.05 Å². The number of nitrogens with zero attached hydrogens (tertiary/aromatic N) is 2. The van der Waals surface area contributed by atoms with Gasteiger partial charge in [0.05, 0.1) is 0 Å². The Hall–Kier alpha value is 0.181. The smallest absolute Gasteiger partial charge is 0.445 e. The molecule has 74 valence electrons. The number of pyridine rings is 1. The van der Waals surface area contributed by atoms with Crippen molar-refractivity contribution < 1.29 is 64.3 Å². The third-order valence-electron chi connectivity index (χ3n) is 2.15. The van der Waals surface area contributed by atoms with Gasteiger partial charge in [-0.2, -0.15) is 0 Å². The number of aryl methyl sites for hydroxylation is 1. The van der Waals surface area contributed by atoms with Crippen LogP contribution in [0.25, 0.3) is 11.0 Å². The van der Waals surface area contributed by atoms with Crippen LogP contribution in [0.4, 0.5) is 12.9 Å². The van der Waals surface area contributed by atoms with E-state index >= 15 is 0 Å². The van der Waals surface area contributed by atoms with Crippen LogP contribution < -0.4 is 56.8 Å². The molecule has 0 saturated carbocycles. The summed E-state index contributed by atoms with van der Waals surface area (Å²) in [4.78, 5) is 3.89. The number of rotatable bonds is 1. The predicted molar refractivity (Wildman–Crippen MR) is 49.4 cm³/mol. The van der Waals surface area contributed by atoms with E-state index in [-0.39, 0.29) is 56.8 Å². The predicted octanol–water partition coefficient (Wildman–Crippen LogP) is -1.37. The fourth-order valence-corrected chi connectivity index (χ4v) is 1.47. The molecule has 0 fully saturated rings. The van der Waals surface area contributed by atoms with Gasteiger partial charge >= 0.3 is 58.4 Å². The van der Waals surface area contributed by atoms with Gasteiger partial charge in [-0.3, -0.25) is 0 Å². The van der Waals surface area contributed by atoms with Crippen molar-refractivity contribution in [2.75, 3.05) is 0 Å². The van der Waals surface area contributed by atoms with E-state index in [1.807, 2.05) is 0 Å². The van der Waals surface area contributed by atoms with Crippen molar-refractivity contribution in [3.8, 4) is 0 Å². The van der Waals surface area contributed by atoms with Gasteiger partial charge in [0.1, 0.15) is 5.65 Å². The molecule has 0 saturated heterocycles. The monoisotopic (exact) mass is 238 g/mol. The second-order valence-electron chi connectivity index (χ2n) is 3.14. The summed E-state index contributed by atoms with van der Waals surface area (Å²) in [6.07, 6.45) is 2.76. The Bertz CT molecular complexity index is 480. The molecule has 2 heterocycles. The van der Waals surface area contributed by atoms with E-state index < -0.39 is 12.4 Å². The molecule has 0 spiro atoms. The largest absolute Gasteiger partial charge is 1.00 e. The molecule has 15 heavy (non-hydrogen) atoms. The normalized spacial score (nSPS) is 11.5. The quantitative estimate of drug-likeness (QED) is 0.560. The minimum atomic E-state index is -4.96. The number of fused-ring (bicyclic) bond motifs is 1. The molecule has 0 aliphatic heterocycles. The zero-order chi connectivity index (χ0) is 10.3. The van der Waals surface area contributed by atoms with E-state index in [4.69, 9.17) is 0 Å². The minimum Gasteiger partial charge on any atom is -0.445 e. The Balaban J connectivity index is 0.00000112. The molecule has 0 aromatic carbocycles. The van der Waals surface area contributed by atoms with Crippen LogP contribution in [0, 0.1) is 0 Å². The molecular formula is C8H7BF3KN2. The van der Waals surface area contributed by atoms with Gasteiger partial charge in [0.25, 0.3) is 0 Å². The summed E-state index contributed by atoms with van der Waals surface area (Å²) in [6, 6.07) is 2.45. The summed E-state index contributed by atoms with van der Waals surface area (Å²) in [5, 5.41) is 0.169. The molecule has 0 unspecified atom stereocenters. The van der Waals surface area contributed by atoms with E-state index in [2.05, 4.69) is 4.98 Å². The van der Waals surface area contributed by atoms with Gasteiger partial charge in [0, 0.05) is 19.4 Å². The summed E-state index contributed by atoms with van der Waals surface area (Å²) in [6.45, 7) is -4.96. The summed E-state index contributed by atoms with van der Waals surface area (Å²) in [7, 11) is 1.67. The van der Waals surface area contributed by atoms with Crippen LogP contribution in [0.2, 0.25) is 0 Å². The van der Waals surface area contributed by atoms with Crippen molar-refractivity contribution >= 4 is 23.5 Å². The average molecular weight is 238 g/mol. The molecule has 0 bridgehead atoms. The van der Waals surface area contributed by atoms with Crippen LogP contribution in [0.15, 0.2) is 24.5 Å². The first-order chi connectivity index (χ1) is 6.50. The first-order valence-electron chi connectivity index (χ1n) is 4.10. The van der Waals surface area contributed by atoms with Gasteiger partial charge in [-0.15, -0.1) is 0 Å². The fraction of sp³-hybridized carbons (Fsp3) is 0.125. The molecule has 0 aliphatic rings. The number of hydrogen-bond acceptors (Lipinski definition) is 1. The van der Waals surface area contributed by atoms with E-state index in [0.717, 1.165) is 6.07 Å². The van der Waals surface area contributed by atoms with Crippen molar-refractivity contribution in [1.82, 2.24) is 9.55 Å². The van der Waals surface area contributed by atoms with Crippen LogP contribution in [0.3, 0.4) is 0 Å². The van der Waals surface area contributed by atoms with Gasteiger partial charge < -0.3 is 17.5 Å². The molecule has 0 amide bonds. The third-order valence-corrected chi connectivity index (χ3v) is 2.15. The molecule has 0 atom stereocenters. The van der Waals surface area contributed by atoms with E-state index in [1.54, 1.807) is 17.8 Å². The Morgan fingerprint density at radius 2 is 1.93 bits per heavy atom. The average Bonchev–Trinajstić information content (AvgIpc) is 2.46. The van der Waals surface area contributed by atoms with E-state index in [1.165, 1.54) is 12.3 Å². The van der Waals surface area contributed by atoms with Gasteiger partial charge in [-0.1, -0.05) is 11.5 Å². The van der Waals surface area contributed by atoms with Gasteiger partial charge in [0.2, 0.25) is 0 Å². The van der Waals surface area contributed by atoms with Crippen LogP contribution in [-0.2, 0) is 7.05 Å². The second-order valence-corrected chi connectivity index (χ2v) is 3.14. The topological polar surface area (TPSA) is 17.8 Å². The van der Waals surface area contributed by atoms with E-state index in [9.17, 15) is 12.9 Å². The maximum Gasteiger partial charge on any atom is 1.00 e. The van der Waals surface area contributed by atoms with E-state index in [0.29, 0.717) is 5.65 Å². The SMILES string of the molecule is Cn1ccc2c([B-](F)(F)F)ccnc21.[K+]. The molecule has 2 aromatic heterocycles. The van der Waals surface area contributed by atoms with Gasteiger partial charge in [0.15, 0.2) is 0 Å². The molecular weight excluding hydrogens is 231 g/mol. The standard InChI is InChI=1S/C8H7BF3N2.K/c1-14-5-3-6-7(9(10,11)12)2-4-13-8(6)14;/h2-5H,1H3;/q-1;+1. The summed E-state index contributed by atoms with van der Waals surface area (Å²) >= 11 is 0. The Labute approximate surface area is 127 Å². The maximum absolute atomic E-state index is 12.6. The number of hydrogen-bond donors (Lipinski definition) is 0. The fourth-order valence-electron chi connectivity index (χ4n) is 1.47. The Morgan fingerprint density at radius 1 is 1.27 bits per heavy atom. The second kappa shape index (κ2) is 4.59. The van der Waals surface area contributed by atoms with Crippen molar-refractivity contribution in [1.29, 1.82) is 0 Å². The maximum atomic E-state index is 12.6. The summed E-state index contributed by atoms with van der Waals surface area (Å²) in [5.74, 6) is 0. The van der Waals surface area contributed by atoms with Crippen LogP contribution in [-0.4, -0.2) is 16.5 Å². The number of aromatic nitrogens is 2. The molecule has 0 N–H and O–H groups in total. The zero-order valence-electron chi connectivity index (χ0n) is 8.42. The molecule has 7 heteroatoms. The molecule has 2 aromatic rings. The first kappa shape index (κ1) is 13.2. The first-order valence-corrected chi connectivity index (χ1v) is 4.10. The Morgan fingerprint density at radius 3 is 2.53 bits per heavy atom. The summed E-state index contributed by atoms with van der Waals surface area (Å²) in [5.41, 5.74) is -0.211. The third kappa shape index (κ3) is 2.47. The van der Waals surface area contributed by atoms with Crippen LogP contribution in [0.1, 0.15) is 0 Å². The molecule has 2 rings (SSSR count). The summed E-state index contributed by atoms with van der Waals surface area (Å²) < 4.78 is 39.2. The van der Waals surface area contributed by atoms with Crippen molar-refractivity contribution in [3.05, 3.63) is 24.5 Å². The van der Waals surface area contributed by atoms with Crippen molar-refractivity contribution in [3.63, 3.8) is 0 Å². The van der Waals surface area contributed by atoms with Crippen LogP contribution >= 0.6 is 0 Å².